The van der Waals surface area contributed by atoms with E-state index in [1.54, 1.807) is 18.9 Å². The monoisotopic (exact) mass is 126 g/mol. The average Bonchev–Trinajstić information content (AvgIpc) is 1.91. The molecule has 0 aliphatic carbocycles. The van der Waals surface area contributed by atoms with E-state index in [2.05, 4.69) is 9.99 Å². The molecule has 3 heteroatoms. The van der Waals surface area contributed by atoms with Crippen molar-refractivity contribution in [2.75, 3.05) is 7.11 Å². The molecule has 1 radical (unpaired) electrons. The SMILES string of the molecule is CON=C1C=CO[CH]C1. The third kappa shape index (κ3) is 1.76. The van der Waals surface area contributed by atoms with Crippen LogP contribution in [0.5, 0.6) is 0 Å². The highest BCUT2D eigenvalue weighted by atomic mass is 16.6. The molecule has 0 bridgehead atoms. The quantitative estimate of drug-likeness (QED) is 0.492. The first-order chi connectivity index (χ1) is 4.43. The molecular weight excluding hydrogens is 118 g/mol. The molecule has 0 saturated heterocycles. The number of rotatable bonds is 1. The summed E-state index contributed by atoms with van der Waals surface area (Å²) in [6.45, 7) is 1.66. The number of oxime groups is 1. The van der Waals surface area contributed by atoms with Gasteiger partial charge in [0.1, 0.15) is 13.7 Å². The van der Waals surface area contributed by atoms with Crippen LogP contribution in [-0.4, -0.2) is 12.8 Å². The molecule has 1 aliphatic rings. The Kier molecular flexibility index (Phi) is 2.13. The van der Waals surface area contributed by atoms with Gasteiger partial charge in [-0.3, -0.25) is 0 Å². The summed E-state index contributed by atoms with van der Waals surface area (Å²) >= 11 is 0. The lowest BCUT2D eigenvalue weighted by Crippen LogP contribution is -2.00. The van der Waals surface area contributed by atoms with Gasteiger partial charge >= 0.3 is 0 Å². The first-order valence-electron chi connectivity index (χ1n) is 2.67. The second-order valence-electron chi connectivity index (χ2n) is 1.57. The molecule has 0 unspecified atom stereocenters. The van der Waals surface area contributed by atoms with E-state index in [1.807, 2.05) is 0 Å². The fourth-order valence-electron chi connectivity index (χ4n) is 0.560. The molecule has 9 heavy (non-hydrogen) atoms. The number of hydrogen-bond donors (Lipinski definition) is 0. The van der Waals surface area contributed by atoms with E-state index in [0.717, 1.165) is 5.71 Å². The van der Waals surface area contributed by atoms with Crippen molar-refractivity contribution in [2.45, 2.75) is 6.42 Å². The number of ether oxygens (including phenoxy) is 1. The lowest BCUT2D eigenvalue weighted by molar-refractivity contribution is 0.211. The zero-order chi connectivity index (χ0) is 6.53. The minimum Gasteiger partial charge on any atom is -0.494 e. The molecule has 0 aromatic rings. The van der Waals surface area contributed by atoms with Gasteiger partial charge in [-0.1, -0.05) is 5.16 Å². The predicted octanol–water partition coefficient (Wildman–Crippen LogP) is 1.08. The van der Waals surface area contributed by atoms with Crippen molar-refractivity contribution in [3.05, 3.63) is 18.9 Å². The highest BCUT2D eigenvalue weighted by Crippen LogP contribution is 2.02. The minimum atomic E-state index is 0.713. The average molecular weight is 126 g/mol. The van der Waals surface area contributed by atoms with Crippen LogP contribution in [0.25, 0.3) is 0 Å². The largest absolute Gasteiger partial charge is 0.494 e. The molecule has 0 amide bonds. The zero-order valence-corrected chi connectivity index (χ0v) is 5.20. The highest BCUT2D eigenvalue weighted by Gasteiger charge is 2.00. The molecule has 3 nitrogen and oxygen atoms in total. The third-order valence-electron chi connectivity index (χ3n) is 0.936. The van der Waals surface area contributed by atoms with Gasteiger partial charge in [0.05, 0.1) is 12.0 Å². The van der Waals surface area contributed by atoms with Gasteiger partial charge < -0.3 is 9.57 Å². The van der Waals surface area contributed by atoms with Crippen LogP contribution in [0.15, 0.2) is 17.5 Å². The molecule has 0 fully saturated rings. The Labute approximate surface area is 53.9 Å². The first-order valence-corrected chi connectivity index (χ1v) is 2.67. The highest BCUT2D eigenvalue weighted by molar-refractivity contribution is 5.95. The van der Waals surface area contributed by atoms with Gasteiger partial charge in [-0.25, -0.2) is 0 Å². The van der Waals surface area contributed by atoms with Gasteiger partial charge in [0.25, 0.3) is 0 Å². The Balaban J connectivity index is 2.49. The maximum atomic E-state index is 4.80. The van der Waals surface area contributed by atoms with Crippen LogP contribution in [0.1, 0.15) is 6.42 Å². The van der Waals surface area contributed by atoms with Gasteiger partial charge in [-0.05, 0) is 6.08 Å². The molecule has 0 aromatic carbocycles. The number of hydrogen-bond acceptors (Lipinski definition) is 3. The van der Waals surface area contributed by atoms with Crippen LogP contribution in [0, 0.1) is 6.61 Å². The molecule has 0 aromatic heterocycles. The Morgan fingerprint density at radius 2 is 2.67 bits per heavy atom. The van der Waals surface area contributed by atoms with Crippen molar-refractivity contribution in [1.82, 2.24) is 0 Å². The fraction of sp³-hybridized carbons (Fsp3) is 0.333. The molecule has 0 spiro atoms. The van der Waals surface area contributed by atoms with Crippen molar-refractivity contribution >= 4 is 5.71 Å². The molecule has 1 rings (SSSR count). The topological polar surface area (TPSA) is 30.8 Å². The van der Waals surface area contributed by atoms with Gasteiger partial charge in [0, 0.05) is 6.42 Å². The molecule has 0 saturated carbocycles. The smallest absolute Gasteiger partial charge is 0.140 e. The Morgan fingerprint density at radius 3 is 3.22 bits per heavy atom. The van der Waals surface area contributed by atoms with E-state index >= 15 is 0 Å². The van der Waals surface area contributed by atoms with Crippen LogP contribution in [0.2, 0.25) is 0 Å². The third-order valence-corrected chi connectivity index (χ3v) is 0.936. The molecule has 0 atom stereocenters. The van der Waals surface area contributed by atoms with E-state index in [4.69, 9.17) is 4.74 Å². The minimum absolute atomic E-state index is 0.713. The van der Waals surface area contributed by atoms with Crippen LogP contribution in [-0.2, 0) is 9.57 Å². The molecule has 1 aliphatic heterocycles. The molecule has 0 N–H and O–H groups in total. The van der Waals surface area contributed by atoms with Crippen molar-refractivity contribution in [3.63, 3.8) is 0 Å². The first kappa shape index (κ1) is 6.13. The van der Waals surface area contributed by atoms with Gasteiger partial charge in [-0.15, -0.1) is 0 Å². The maximum Gasteiger partial charge on any atom is 0.140 e. The Bertz CT molecular complexity index is 140. The summed E-state index contributed by atoms with van der Waals surface area (Å²) in [4.78, 5) is 4.54. The summed E-state index contributed by atoms with van der Waals surface area (Å²) in [6.07, 6.45) is 4.05. The summed E-state index contributed by atoms with van der Waals surface area (Å²) < 4.78 is 4.80. The lowest BCUT2D eigenvalue weighted by Gasteiger charge is -2.04. The van der Waals surface area contributed by atoms with E-state index in [-0.39, 0.29) is 0 Å². The van der Waals surface area contributed by atoms with Crippen LogP contribution in [0.3, 0.4) is 0 Å². The van der Waals surface area contributed by atoms with Gasteiger partial charge in [0.15, 0.2) is 0 Å². The van der Waals surface area contributed by atoms with Crippen LogP contribution < -0.4 is 0 Å². The van der Waals surface area contributed by atoms with Gasteiger partial charge in [0.2, 0.25) is 0 Å². The summed E-state index contributed by atoms with van der Waals surface area (Å²) in [5, 5.41) is 3.70. The van der Waals surface area contributed by atoms with E-state index in [1.165, 1.54) is 7.11 Å². The van der Waals surface area contributed by atoms with E-state index < -0.39 is 0 Å². The van der Waals surface area contributed by atoms with Crippen molar-refractivity contribution in [1.29, 1.82) is 0 Å². The second kappa shape index (κ2) is 3.12. The second-order valence-corrected chi connectivity index (χ2v) is 1.57. The molecule has 49 valence electrons. The van der Waals surface area contributed by atoms with Crippen molar-refractivity contribution in [3.8, 4) is 0 Å². The summed E-state index contributed by atoms with van der Waals surface area (Å²) in [6, 6.07) is 0. The summed E-state index contributed by atoms with van der Waals surface area (Å²) in [5.41, 5.74) is 0.878. The fourth-order valence-corrected chi connectivity index (χ4v) is 0.560. The summed E-state index contributed by atoms with van der Waals surface area (Å²) in [7, 11) is 1.52. The molecular formula is C6H8NO2. The van der Waals surface area contributed by atoms with Crippen LogP contribution >= 0.6 is 0 Å². The maximum absolute atomic E-state index is 4.80. The summed E-state index contributed by atoms with van der Waals surface area (Å²) in [5.74, 6) is 0. The van der Waals surface area contributed by atoms with Crippen molar-refractivity contribution < 1.29 is 9.57 Å². The lowest BCUT2D eigenvalue weighted by atomic mass is 10.2. The normalized spacial score (nSPS) is 21.7. The molecule has 1 heterocycles. The predicted molar refractivity (Wildman–Crippen MR) is 33.6 cm³/mol. The van der Waals surface area contributed by atoms with Gasteiger partial charge in [-0.2, -0.15) is 0 Å². The number of nitrogens with zero attached hydrogens (tertiary/aromatic N) is 1. The standard InChI is InChI=1S/C6H8NO2/c1-8-7-6-2-4-9-5-3-6/h2,4-5H,3H2,1H3. The number of allylic oxidation sites excluding steroid dienone is 1. The Morgan fingerprint density at radius 1 is 1.78 bits per heavy atom. The van der Waals surface area contributed by atoms with Crippen molar-refractivity contribution in [2.24, 2.45) is 5.16 Å². The Hall–Kier alpha value is -0.990. The van der Waals surface area contributed by atoms with Crippen LogP contribution in [0.4, 0.5) is 0 Å². The van der Waals surface area contributed by atoms with E-state index in [9.17, 15) is 0 Å². The van der Waals surface area contributed by atoms with E-state index in [0.29, 0.717) is 6.42 Å². The zero-order valence-electron chi connectivity index (χ0n) is 5.20.